The highest BCUT2D eigenvalue weighted by molar-refractivity contribution is 5.83. The largest absolute Gasteiger partial charge is 0.354 e. The lowest BCUT2D eigenvalue weighted by Gasteiger charge is -2.39. The zero-order chi connectivity index (χ0) is 11.4. The van der Waals surface area contributed by atoms with Crippen LogP contribution in [-0.4, -0.2) is 34.0 Å². The normalized spacial score (nSPS) is 17.8. The summed E-state index contributed by atoms with van der Waals surface area (Å²) in [5.41, 5.74) is 5.36. The van der Waals surface area contributed by atoms with E-state index in [1.807, 2.05) is 0 Å². The number of hydrogen-bond donors (Lipinski definition) is 2. The minimum Gasteiger partial charge on any atom is -0.354 e. The molecule has 1 aromatic rings. The van der Waals surface area contributed by atoms with Crippen LogP contribution < -0.4 is 11.1 Å². The van der Waals surface area contributed by atoms with Gasteiger partial charge in [-0.05, 0) is 12.8 Å². The molecule has 0 atom stereocenters. The van der Waals surface area contributed by atoms with Crippen molar-refractivity contribution >= 4 is 5.91 Å². The van der Waals surface area contributed by atoms with Gasteiger partial charge in [0.2, 0.25) is 5.91 Å². The Labute approximate surface area is 94.2 Å². The summed E-state index contributed by atoms with van der Waals surface area (Å²) in [5, 5.41) is 10.4. The molecule has 1 fully saturated rings. The van der Waals surface area contributed by atoms with Gasteiger partial charge in [0.1, 0.15) is 0 Å². The molecule has 1 aliphatic carbocycles. The van der Waals surface area contributed by atoms with Crippen LogP contribution >= 0.6 is 0 Å². The van der Waals surface area contributed by atoms with E-state index in [0.717, 1.165) is 19.3 Å². The van der Waals surface area contributed by atoms with Crippen molar-refractivity contribution in [3.63, 3.8) is 0 Å². The maximum Gasteiger partial charge on any atom is 0.227 e. The van der Waals surface area contributed by atoms with Gasteiger partial charge < -0.3 is 11.1 Å². The molecule has 0 unspecified atom stereocenters. The molecule has 0 saturated heterocycles. The average Bonchev–Trinajstić information content (AvgIpc) is 2.70. The molecule has 0 radical (unpaired) electrons. The fraction of sp³-hybridized carbons (Fsp3) is 0.700. The number of hydrogen-bond acceptors (Lipinski definition) is 4. The second-order valence-corrected chi connectivity index (χ2v) is 4.26. The molecular weight excluding hydrogens is 206 g/mol. The molecule has 1 heterocycles. The predicted octanol–water partition coefficient (Wildman–Crippen LogP) is -0.477. The minimum absolute atomic E-state index is 0.0846. The van der Waals surface area contributed by atoms with Crippen molar-refractivity contribution in [3.8, 4) is 0 Å². The number of nitrogens with one attached hydrogen (secondary N) is 1. The Morgan fingerprint density at radius 1 is 1.56 bits per heavy atom. The standard InChI is InChI=1S/C10H17N5O/c11-8-10(2-1-3-10)9(16)12-4-6-15-7-5-13-14-15/h5,7H,1-4,6,8,11H2,(H,12,16). The molecule has 6 heteroatoms. The zero-order valence-corrected chi connectivity index (χ0v) is 9.22. The van der Waals surface area contributed by atoms with Crippen LogP contribution in [-0.2, 0) is 11.3 Å². The first-order valence-electron chi connectivity index (χ1n) is 5.59. The second kappa shape index (κ2) is 4.61. The number of carbonyl (C=O) groups excluding carboxylic acids is 1. The lowest BCUT2D eigenvalue weighted by molar-refractivity contribution is -0.135. The first-order chi connectivity index (χ1) is 7.77. The molecular formula is C10H17N5O. The molecule has 1 amide bonds. The maximum absolute atomic E-state index is 11.9. The van der Waals surface area contributed by atoms with E-state index >= 15 is 0 Å². The second-order valence-electron chi connectivity index (χ2n) is 4.26. The Morgan fingerprint density at radius 3 is 2.88 bits per heavy atom. The summed E-state index contributed by atoms with van der Waals surface area (Å²) in [6.07, 6.45) is 6.33. The summed E-state index contributed by atoms with van der Waals surface area (Å²) >= 11 is 0. The molecule has 3 N–H and O–H groups in total. The SMILES string of the molecule is NCC1(C(=O)NCCn2ccnn2)CCC1. The molecule has 0 spiro atoms. The number of nitrogens with zero attached hydrogens (tertiary/aromatic N) is 3. The summed E-state index contributed by atoms with van der Waals surface area (Å²) in [7, 11) is 0. The van der Waals surface area contributed by atoms with Crippen LogP contribution in [0.2, 0.25) is 0 Å². The molecule has 16 heavy (non-hydrogen) atoms. The Hall–Kier alpha value is -1.43. The summed E-state index contributed by atoms with van der Waals surface area (Å²) in [6, 6.07) is 0. The van der Waals surface area contributed by atoms with Gasteiger partial charge in [0, 0.05) is 19.3 Å². The van der Waals surface area contributed by atoms with Gasteiger partial charge in [-0.3, -0.25) is 9.48 Å². The number of carbonyl (C=O) groups is 1. The highest BCUT2D eigenvalue weighted by atomic mass is 16.2. The molecule has 0 bridgehead atoms. The summed E-state index contributed by atoms with van der Waals surface area (Å²) < 4.78 is 1.69. The van der Waals surface area contributed by atoms with Crippen molar-refractivity contribution < 1.29 is 4.79 Å². The fourth-order valence-electron chi connectivity index (χ4n) is 1.95. The van der Waals surface area contributed by atoms with Crippen LogP contribution in [0, 0.1) is 5.41 Å². The molecule has 88 valence electrons. The number of nitrogens with two attached hydrogens (primary N) is 1. The van der Waals surface area contributed by atoms with E-state index in [2.05, 4.69) is 15.6 Å². The quantitative estimate of drug-likeness (QED) is 0.706. The van der Waals surface area contributed by atoms with Crippen LogP contribution in [0.15, 0.2) is 12.4 Å². The number of rotatable bonds is 5. The van der Waals surface area contributed by atoms with Crippen molar-refractivity contribution in [3.05, 3.63) is 12.4 Å². The third-order valence-electron chi connectivity index (χ3n) is 3.28. The van der Waals surface area contributed by atoms with Gasteiger partial charge in [0.15, 0.2) is 0 Å². The summed E-state index contributed by atoms with van der Waals surface area (Å²) in [4.78, 5) is 11.9. The Balaban J connectivity index is 1.75. The van der Waals surface area contributed by atoms with Crippen LogP contribution in [0.5, 0.6) is 0 Å². The maximum atomic E-state index is 11.9. The van der Waals surface area contributed by atoms with E-state index in [-0.39, 0.29) is 11.3 Å². The number of aromatic nitrogens is 3. The molecule has 2 rings (SSSR count). The lowest BCUT2D eigenvalue weighted by Crippen LogP contribution is -2.50. The van der Waals surface area contributed by atoms with Gasteiger partial charge in [-0.2, -0.15) is 0 Å². The third kappa shape index (κ3) is 2.06. The van der Waals surface area contributed by atoms with Gasteiger partial charge in [0.25, 0.3) is 0 Å². The van der Waals surface area contributed by atoms with E-state index < -0.39 is 0 Å². The van der Waals surface area contributed by atoms with Crippen molar-refractivity contribution in [2.45, 2.75) is 25.8 Å². The molecule has 0 aromatic carbocycles. The van der Waals surface area contributed by atoms with Crippen molar-refractivity contribution in [2.75, 3.05) is 13.1 Å². The van der Waals surface area contributed by atoms with E-state index in [1.54, 1.807) is 17.1 Å². The Kier molecular flexibility index (Phi) is 3.19. The third-order valence-corrected chi connectivity index (χ3v) is 3.28. The van der Waals surface area contributed by atoms with E-state index in [0.29, 0.717) is 19.6 Å². The fourth-order valence-corrected chi connectivity index (χ4v) is 1.95. The van der Waals surface area contributed by atoms with E-state index in [1.165, 1.54) is 0 Å². The molecule has 1 saturated carbocycles. The summed E-state index contributed by atoms with van der Waals surface area (Å²) in [6.45, 7) is 1.67. The topological polar surface area (TPSA) is 85.8 Å². The lowest BCUT2D eigenvalue weighted by atomic mass is 9.68. The molecule has 1 aromatic heterocycles. The number of amides is 1. The van der Waals surface area contributed by atoms with E-state index in [9.17, 15) is 4.79 Å². The average molecular weight is 223 g/mol. The highest BCUT2D eigenvalue weighted by Gasteiger charge is 2.42. The van der Waals surface area contributed by atoms with Crippen molar-refractivity contribution in [1.82, 2.24) is 20.3 Å². The first kappa shape index (κ1) is 11.1. The zero-order valence-electron chi connectivity index (χ0n) is 9.22. The molecule has 6 nitrogen and oxygen atoms in total. The molecule has 1 aliphatic rings. The van der Waals surface area contributed by atoms with Gasteiger partial charge in [-0.15, -0.1) is 5.10 Å². The monoisotopic (exact) mass is 223 g/mol. The van der Waals surface area contributed by atoms with Crippen LogP contribution in [0.1, 0.15) is 19.3 Å². The van der Waals surface area contributed by atoms with Crippen molar-refractivity contribution in [2.24, 2.45) is 11.1 Å². The first-order valence-corrected chi connectivity index (χ1v) is 5.59. The smallest absolute Gasteiger partial charge is 0.227 e. The Bertz CT molecular complexity index is 339. The summed E-state index contributed by atoms with van der Waals surface area (Å²) in [5.74, 6) is 0.0846. The molecule has 0 aliphatic heterocycles. The van der Waals surface area contributed by atoms with Crippen molar-refractivity contribution in [1.29, 1.82) is 0 Å². The van der Waals surface area contributed by atoms with E-state index in [4.69, 9.17) is 5.73 Å². The Morgan fingerprint density at radius 2 is 2.38 bits per heavy atom. The highest BCUT2D eigenvalue weighted by Crippen LogP contribution is 2.39. The predicted molar refractivity (Wildman–Crippen MR) is 58.4 cm³/mol. The van der Waals surface area contributed by atoms with Gasteiger partial charge >= 0.3 is 0 Å². The van der Waals surface area contributed by atoms with Gasteiger partial charge in [-0.1, -0.05) is 11.6 Å². The van der Waals surface area contributed by atoms with Crippen LogP contribution in [0.25, 0.3) is 0 Å². The van der Waals surface area contributed by atoms with Crippen LogP contribution in [0.4, 0.5) is 0 Å². The van der Waals surface area contributed by atoms with Gasteiger partial charge in [0.05, 0.1) is 18.2 Å². The van der Waals surface area contributed by atoms with Gasteiger partial charge in [-0.25, -0.2) is 0 Å². The van der Waals surface area contributed by atoms with Crippen LogP contribution in [0.3, 0.4) is 0 Å². The minimum atomic E-state index is -0.289.